The highest BCUT2D eigenvalue weighted by Crippen LogP contribution is 2.22. The topological polar surface area (TPSA) is 82.8 Å². The van der Waals surface area contributed by atoms with E-state index in [0.29, 0.717) is 12.5 Å². The van der Waals surface area contributed by atoms with E-state index >= 15 is 0 Å². The molecule has 0 aliphatic rings. The lowest BCUT2D eigenvalue weighted by Crippen LogP contribution is -2.06. The predicted octanol–water partition coefficient (Wildman–Crippen LogP) is 1.98. The second kappa shape index (κ2) is 4.08. The van der Waals surface area contributed by atoms with Crippen molar-refractivity contribution in [3.05, 3.63) is 34.8 Å². The van der Waals surface area contributed by atoms with Crippen LogP contribution in [-0.4, -0.2) is 19.7 Å². The standard InChI is InChI=1S/C13H15N5O/c1-7-4-5-15-12-11(7)16-13(14)18(12)6-10-8(2)17-19-9(10)3/h4-5H,6H2,1-3H3,(H2,14,16). The lowest BCUT2D eigenvalue weighted by atomic mass is 10.2. The third-order valence-electron chi connectivity index (χ3n) is 3.36. The van der Waals surface area contributed by atoms with Crippen LogP contribution in [0.5, 0.6) is 0 Å². The average molecular weight is 257 g/mol. The minimum atomic E-state index is 0.455. The highest BCUT2D eigenvalue weighted by Gasteiger charge is 2.15. The monoisotopic (exact) mass is 257 g/mol. The number of rotatable bonds is 2. The maximum absolute atomic E-state index is 6.00. The molecule has 0 bridgehead atoms. The molecule has 0 radical (unpaired) electrons. The predicted molar refractivity (Wildman–Crippen MR) is 71.8 cm³/mol. The van der Waals surface area contributed by atoms with Gasteiger partial charge in [0.2, 0.25) is 5.95 Å². The normalized spacial score (nSPS) is 11.3. The molecule has 3 rings (SSSR count). The second-order valence-electron chi connectivity index (χ2n) is 4.66. The summed E-state index contributed by atoms with van der Waals surface area (Å²) in [5.41, 5.74) is 10.6. The molecule has 3 aromatic heterocycles. The summed E-state index contributed by atoms with van der Waals surface area (Å²) in [5, 5.41) is 3.95. The maximum Gasteiger partial charge on any atom is 0.202 e. The van der Waals surface area contributed by atoms with E-state index in [1.165, 1.54) is 0 Å². The molecule has 0 aromatic carbocycles. The van der Waals surface area contributed by atoms with E-state index in [2.05, 4.69) is 15.1 Å². The molecular formula is C13H15N5O. The fourth-order valence-electron chi connectivity index (χ4n) is 2.20. The molecule has 98 valence electrons. The number of nitrogen functional groups attached to an aromatic ring is 1. The number of fused-ring (bicyclic) bond motifs is 1. The highest BCUT2D eigenvalue weighted by atomic mass is 16.5. The third kappa shape index (κ3) is 1.76. The Bertz CT molecular complexity index is 736. The van der Waals surface area contributed by atoms with Crippen LogP contribution >= 0.6 is 0 Å². The average Bonchev–Trinajstić information content (AvgIpc) is 2.86. The van der Waals surface area contributed by atoms with Crippen LogP contribution in [0.4, 0.5) is 5.95 Å². The fourth-order valence-corrected chi connectivity index (χ4v) is 2.20. The molecule has 0 unspecified atom stereocenters. The SMILES string of the molecule is Cc1noc(C)c1Cn1c(N)nc2c(C)ccnc21. The molecule has 0 saturated heterocycles. The van der Waals surface area contributed by atoms with Gasteiger partial charge in [-0.25, -0.2) is 9.97 Å². The van der Waals surface area contributed by atoms with Gasteiger partial charge in [0.25, 0.3) is 0 Å². The molecule has 6 heteroatoms. The summed E-state index contributed by atoms with van der Waals surface area (Å²) in [6.45, 7) is 6.37. The molecule has 0 fully saturated rings. The molecule has 0 amide bonds. The van der Waals surface area contributed by atoms with Crippen molar-refractivity contribution < 1.29 is 4.52 Å². The molecule has 2 N–H and O–H groups in total. The zero-order valence-corrected chi connectivity index (χ0v) is 11.1. The first kappa shape index (κ1) is 11.7. The maximum atomic E-state index is 6.00. The van der Waals surface area contributed by atoms with E-state index in [9.17, 15) is 0 Å². The van der Waals surface area contributed by atoms with Gasteiger partial charge in [-0.1, -0.05) is 5.16 Å². The molecule has 19 heavy (non-hydrogen) atoms. The number of anilines is 1. The molecule has 6 nitrogen and oxygen atoms in total. The van der Waals surface area contributed by atoms with Crippen LogP contribution in [-0.2, 0) is 6.54 Å². The molecule has 0 spiro atoms. The molecule has 0 saturated carbocycles. The first-order valence-electron chi connectivity index (χ1n) is 6.07. The van der Waals surface area contributed by atoms with Gasteiger partial charge in [0, 0.05) is 11.8 Å². The van der Waals surface area contributed by atoms with Crippen molar-refractivity contribution in [2.24, 2.45) is 0 Å². The van der Waals surface area contributed by atoms with Gasteiger partial charge in [0.05, 0.1) is 12.2 Å². The Hall–Kier alpha value is -2.37. The lowest BCUT2D eigenvalue weighted by molar-refractivity contribution is 0.392. The third-order valence-corrected chi connectivity index (χ3v) is 3.36. The van der Waals surface area contributed by atoms with Crippen LogP contribution in [0.1, 0.15) is 22.6 Å². The van der Waals surface area contributed by atoms with Gasteiger partial charge < -0.3 is 10.3 Å². The van der Waals surface area contributed by atoms with E-state index in [1.54, 1.807) is 6.20 Å². The summed E-state index contributed by atoms with van der Waals surface area (Å²) in [5.74, 6) is 1.25. The quantitative estimate of drug-likeness (QED) is 0.759. The zero-order valence-electron chi connectivity index (χ0n) is 11.1. The Kier molecular flexibility index (Phi) is 2.51. The van der Waals surface area contributed by atoms with Crippen molar-refractivity contribution in [1.29, 1.82) is 0 Å². The first-order chi connectivity index (χ1) is 9.08. The fraction of sp³-hybridized carbons (Fsp3) is 0.308. The number of pyridine rings is 1. The Morgan fingerprint density at radius 1 is 1.32 bits per heavy atom. The number of nitrogens with zero attached hydrogens (tertiary/aromatic N) is 4. The molecule has 0 atom stereocenters. The molecule has 0 aliphatic carbocycles. The van der Waals surface area contributed by atoms with E-state index in [1.807, 2.05) is 31.4 Å². The Morgan fingerprint density at radius 3 is 2.79 bits per heavy atom. The van der Waals surface area contributed by atoms with Crippen molar-refractivity contribution in [3.8, 4) is 0 Å². The van der Waals surface area contributed by atoms with Gasteiger partial charge in [0.15, 0.2) is 5.65 Å². The van der Waals surface area contributed by atoms with Crippen LogP contribution in [0.3, 0.4) is 0 Å². The first-order valence-corrected chi connectivity index (χ1v) is 6.07. The molecule has 0 aliphatic heterocycles. The summed E-state index contributed by atoms with van der Waals surface area (Å²) in [4.78, 5) is 8.75. The summed E-state index contributed by atoms with van der Waals surface area (Å²) in [6.07, 6.45) is 1.77. The molecule has 3 heterocycles. The highest BCUT2D eigenvalue weighted by molar-refractivity contribution is 5.77. The van der Waals surface area contributed by atoms with Crippen LogP contribution in [0.25, 0.3) is 11.2 Å². The van der Waals surface area contributed by atoms with Gasteiger partial charge >= 0.3 is 0 Å². The van der Waals surface area contributed by atoms with Crippen molar-refractivity contribution in [1.82, 2.24) is 19.7 Å². The minimum Gasteiger partial charge on any atom is -0.369 e. The smallest absolute Gasteiger partial charge is 0.202 e. The number of hydrogen-bond donors (Lipinski definition) is 1. The molecule has 3 aromatic rings. The Balaban J connectivity index is 2.16. The van der Waals surface area contributed by atoms with Gasteiger partial charge in [-0.05, 0) is 32.4 Å². The summed E-state index contributed by atoms with van der Waals surface area (Å²) >= 11 is 0. The van der Waals surface area contributed by atoms with E-state index in [0.717, 1.165) is 33.7 Å². The lowest BCUT2D eigenvalue weighted by Gasteiger charge is -2.05. The summed E-state index contributed by atoms with van der Waals surface area (Å²) in [6, 6.07) is 1.93. The van der Waals surface area contributed by atoms with Crippen molar-refractivity contribution in [3.63, 3.8) is 0 Å². The Labute approximate surface area is 110 Å². The van der Waals surface area contributed by atoms with Crippen LogP contribution in [0, 0.1) is 20.8 Å². The van der Waals surface area contributed by atoms with E-state index in [4.69, 9.17) is 10.3 Å². The minimum absolute atomic E-state index is 0.455. The summed E-state index contributed by atoms with van der Waals surface area (Å²) in [7, 11) is 0. The van der Waals surface area contributed by atoms with E-state index in [-0.39, 0.29) is 0 Å². The van der Waals surface area contributed by atoms with Gasteiger partial charge in [-0.3, -0.25) is 4.57 Å². The van der Waals surface area contributed by atoms with Crippen LogP contribution in [0.15, 0.2) is 16.8 Å². The Morgan fingerprint density at radius 2 is 2.11 bits per heavy atom. The van der Waals surface area contributed by atoms with Gasteiger partial charge in [-0.15, -0.1) is 0 Å². The number of aryl methyl sites for hydroxylation is 3. The second-order valence-corrected chi connectivity index (χ2v) is 4.66. The van der Waals surface area contributed by atoms with Crippen molar-refractivity contribution in [2.45, 2.75) is 27.3 Å². The molecular weight excluding hydrogens is 242 g/mol. The number of hydrogen-bond acceptors (Lipinski definition) is 5. The largest absolute Gasteiger partial charge is 0.369 e. The van der Waals surface area contributed by atoms with E-state index < -0.39 is 0 Å². The van der Waals surface area contributed by atoms with Gasteiger partial charge in [-0.2, -0.15) is 0 Å². The van der Waals surface area contributed by atoms with Crippen molar-refractivity contribution in [2.75, 3.05) is 5.73 Å². The number of aromatic nitrogens is 4. The van der Waals surface area contributed by atoms with Crippen LogP contribution in [0.2, 0.25) is 0 Å². The summed E-state index contributed by atoms with van der Waals surface area (Å²) < 4.78 is 7.06. The number of imidazole rings is 1. The number of nitrogens with two attached hydrogens (primary N) is 1. The van der Waals surface area contributed by atoms with Crippen molar-refractivity contribution >= 4 is 17.1 Å². The van der Waals surface area contributed by atoms with Gasteiger partial charge in [0.1, 0.15) is 11.3 Å². The zero-order chi connectivity index (χ0) is 13.6. The van der Waals surface area contributed by atoms with Crippen LogP contribution < -0.4 is 5.73 Å².